The van der Waals surface area contributed by atoms with E-state index in [1.807, 2.05) is 6.92 Å². The Kier molecular flexibility index (Phi) is 6.05. The molecule has 1 aromatic rings. The van der Waals surface area contributed by atoms with Crippen LogP contribution in [-0.2, 0) is 10.0 Å². The van der Waals surface area contributed by atoms with Crippen molar-refractivity contribution < 1.29 is 18.4 Å². The van der Waals surface area contributed by atoms with Crippen LogP contribution < -0.4 is 0 Å². The van der Waals surface area contributed by atoms with E-state index in [0.29, 0.717) is 12.8 Å². The molecule has 0 heterocycles. The molecule has 0 aliphatic carbocycles. The molecule has 1 aromatic carbocycles. The second-order valence-electron chi connectivity index (χ2n) is 4.21. The number of benzene rings is 1. The maximum absolute atomic E-state index is 12.5. The van der Waals surface area contributed by atoms with Crippen LogP contribution in [0.4, 0.5) is 5.69 Å². The first kappa shape index (κ1) is 16.5. The van der Waals surface area contributed by atoms with Crippen molar-refractivity contribution in [1.82, 2.24) is 4.31 Å². The third kappa shape index (κ3) is 3.75. The minimum atomic E-state index is -3.93. The van der Waals surface area contributed by atoms with Crippen LogP contribution in [0, 0.1) is 10.1 Å². The number of aliphatic hydroxyl groups excluding tert-OH is 1. The van der Waals surface area contributed by atoms with Crippen LogP contribution >= 0.6 is 0 Å². The average Bonchev–Trinajstić information content (AvgIpc) is 2.43. The number of rotatable bonds is 8. The predicted molar refractivity (Wildman–Crippen MR) is 73.8 cm³/mol. The fourth-order valence-electron chi connectivity index (χ4n) is 1.81. The third-order valence-corrected chi connectivity index (χ3v) is 4.66. The summed E-state index contributed by atoms with van der Waals surface area (Å²) in [7, 11) is -3.93. The summed E-state index contributed by atoms with van der Waals surface area (Å²) in [5, 5.41) is 19.8. The normalized spacial score (nSPS) is 11.8. The highest BCUT2D eigenvalue weighted by molar-refractivity contribution is 7.89. The standard InChI is InChI=1S/C12H18N2O5S/c1-2-8-13(9-5-10-15)20(18,19)12-7-4-3-6-11(12)14(16)17/h3-4,6-7,15H,2,5,8-10H2,1H3. The number of para-hydroxylation sites is 1. The number of nitro groups is 1. The largest absolute Gasteiger partial charge is 0.396 e. The second-order valence-corrected chi connectivity index (χ2v) is 6.11. The van der Waals surface area contributed by atoms with Crippen molar-refractivity contribution in [2.24, 2.45) is 0 Å². The zero-order valence-corrected chi connectivity index (χ0v) is 12.0. The van der Waals surface area contributed by atoms with Crippen molar-refractivity contribution in [2.75, 3.05) is 19.7 Å². The first-order valence-corrected chi connectivity index (χ1v) is 7.73. The molecule has 0 saturated heterocycles. The first-order valence-electron chi connectivity index (χ1n) is 6.29. The van der Waals surface area contributed by atoms with Gasteiger partial charge in [-0.3, -0.25) is 10.1 Å². The van der Waals surface area contributed by atoms with E-state index in [4.69, 9.17) is 5.11 Å². The number of sulfonamides is 1. The topological polar surface area (TPSA) is 101 Å². The zero-order chi connectivity index (χ0) is 15.2. The van der Waals surface area contributed by atoms with E-state index >= 15 is 0 Å². The lowest BCUT2D eigenvalue weighted by Crippen LogP contribution is -2.33. The Morgan fingerprint density at radius 1 is 1.30 bits per heavy atom. The summed E-state index contributed by atoms with van der Waals surface area (Å²) in [4.78, 5) is 9.93. The van der Waals surface area contributed by atoms with Crippen molar-refractivity contribution in [3.63, 3.8) is 0 Å². The molecule has 0 aromatic heterocycles. The Labute approximate surface area is 118 Å². The van der Waals surface area contributed by atoms with Crippen molar-refractivity contribution in [3.05, 3.63) is 34.4 Å². The van der Waals surface area contributed by atoms with Gasteiger partial charge < -0.3 is 5.11 Å². The van der Waals surface area contributed by atoms with Gasteiger partial charge in [-0.25, -0.2) is 8.42 Å². The molecule has 1 N–H and O–H groups in total. The Balaban J connectivity index is 3.22. The van der Waals surface area contributed by atoms with Crippen LogP contribution in [0.3, 0.4) is 0 Å². The minimum Gasteiger partial charge on any atom is -0.396 e. The Morgan fingerprint density at radius 2 is 1.95 bits per heavy atom. The van der Waals surface area contributed by atoms with Crippen molar-refractivity contribution in [3.8, 4) is 0 Å². The van der Waals surface area contributed by atoms with Gasteiger partial charge in [0.1, 0.15) is 0 Å². The van der Waals surface area contributed by atoms with Gasteiger partial charge in [-0.15, -0.1) is 0 Å². The van der Waals surface area contributed by atoms with Crippen LogP contribution in [0.1, 0.15) is 19.8 Å². The number of aliphatic hydroxyl groups is 1. The van der Waals surface area contributed by atoms with E-state index in [9.17, 15) is 18.5 Å². The van der Waals surface area contributed by atoms with Crippen LogP contribution in [-0.4, -0.2) is 42.4 Å². The third-order valence-electron chi connectivity index (χ3n) is 2.72. The van der Waals surface area contributed by atoms with E-state index in [1.54, 1.807) is 0 Å². The monoisotopic (exact) mass is 302 g/mol. The molecule has 0 amide bonds. The molecule has 0 aliphatic rings. The lowest BCUT2D eigenvalue weighted by atomic mass is 10.3. The van der Waals surface area contributed by atoms with Crippen molar-refractivity contribution in [1.29, 1.82) is 0 Å². The Bertz CT molecular complexity index is 559. The molecule has 20 heavy (non-hydrogen) atoms. The number of nitro benzene ring substituents is 1. The second kappa shape index (κ2) is 7.32. The van der Waals surface area contributed by atoms with Gasteiger partial charge in [0.25, 0.3) is 5.69 Å². The van der Waals surface area contributed by atoms with Crippen LogP contribution in [0.5, 0.6) is 0 Å². The molecule has 0 aliphatic heterocycles. The molecule has 0 atom stereocenters. The molecule has 112 valence electrons. The summed E-state index contributed by atoms with van der Waals surface area (Å²) >= 11 is 0. The van der Waals surface area contributed by atoms with Crippen molar-refractivity contribution in [2.45, 2.75) is 24.7 Å². The van der Waals surface area contributed by atoms with E-state index in [0.717, 1.165) is 0 Å². The van der Waals surface area contributed by atoms with Gasteiger partial charge in [-0.05, 0) is 18.9 Å². The lowest BCUT2D eigenvalue weighted by molar-refractivity contribution is -0.387. The molecule has 0 bridgehead atoms. The van der Waals surface area contributed by atoms with Gasteiger partial charge in [-0.2, -0.15) is 4.31 Å². The molecule has 0 saturated carbocycles. The van der Waals surface area contributed by atoms with E-state index in [-0.39, 0.29) is 24.6 Å². The maximum Gasteiger partial charge on any atom is 0.289 e. The predicted octanol–water partition coefficient (Wildman–Crippen LogP) is 1.38. The fourth-order valence-corrected chi connectivity index (χ4v) is 3.54. The number of nitrogens with zero attached hydrogens (tertiary/aromatic N) is 2. The van der Waals surface area contributed by atoms with Crippen LogP contribution in [0.25, 0.3) is 0 Å². The highest BCUT2D eigenvalue weighted by Crippen LogP contribution is 2.26. The van der Waals surface area contributed by atoms with E-state index in [1.165, 1.54) is 28.6 Å². The first-order chi connectivity index (χ1) is 9.45. The van der Waals surface area contributed by atoms with Gasteiger partial charge in [0, 0.05) is 25.8 Å². The summed E-state index contributed by atoms with van der Waals surface area (Å²) in [6.45, 7) is 2.08. The zero-order valence-electron chi connectivity index (χ0n) is 11.2. The maximum atomic E-state index is 12.5. The molecular formula is C12H18N2O5S. The molecule has 1 rings (SSSR count). The van der Waals surface area contributed by atoms with E-state index in [2.05, 4.69) is 0 Å². The van der Waals surface area contributed by atoms with Crippen LogP contribution in [0.2, 0.25) is 0 Å². The molecule has 8 heteroatoms. The summed E-state index contributed by atoms with van der Waals surface area (Å²) < 4.78 is 26.2. The van der Waals surface area contributed by atoms with E-state index < -0.39 is 20.6 Å². The Morgan fingerprint density at radius 3 is 2.50 bits per heavy atom. The SMILES string of the molecule is CCCN(CCCO)S(=O)(=O)c1ccccc1[N+](=O)[O-]. The molecular weight excluding hydrogens is 284 g/mol. The van der Waals surface area contributed by atoms with Gasteiger partial charge in [0.05, 0.1) is 4.92 Å². The van der Waals surface area contributed by atoms with Crippen LogP contribution in [0.15, 0.2) is 29.2 Å². The minimum absolute atomic E-state index is 0.132. The summed E-state index contributed by atoms with van der Waals surface area (Å²) in [6, 6.07) is 5.28. The van der Waals surface area contributed by atoms with Gasteiger partial charge >= 0.3 is 0 Å². The summed E-state index contributed by atoms with van der Waals surface area (Å²) in [6.07, 6.45) is 0.880. The average molecular weight is 302 g/mol. The summed E-state index contributed by atoms with van der Waals surface area (Å²) in [5.74, 6) is 0. The molecule has 7 nitrogen and oxygen atoms in total. The fraction of sp³-hybridized carbons (Fsp3) is 0.500. The van der Waals surface area contributed by atoms with Gasteiger partial charge in [0.15, 0.2) is 4.90 Å². The molecule has 0 fully saturated rings. The summed E-state index contributed by atoms with van der Waals surface area (Å²) in [5.41, 5.74) is -0.433. The lowest BCUT2D eigenvalue weighted by Gasteiger charge is -2.21. The van der Waals surface area contributed by atoms with Gasteiger partial charge in [0.2, 0.25) is 10.0 Å². The Hall–Kier alpha value is -1.51. The van der Waals surface area contributed by atoms with Gasteiger partial charge in [-0.1, -0.05) is 19.1 Å². The molecule has 0 radical (unpaired) electrons. The smallest absolute Gasteiger partial charge is 0.289 e. The molecule has 0 unspecified atom stereocenters. The van der Waals surface area contributed by atoms with Crippen molar-refractivity contribution >= 4 is 15.7 Å². The number of hydrogen-bond acceptors (Lipinski definition) is 5. The molecule has 0 spiro atoms. The highest BCUT2D eigenvalue weighted by atomic mass is 32.2. The number of hydrogen-bond donors (Lipinski definition) is 1. The quantitative estimate of drug-likeness (QED) is 0.577. The highest BCUT2D eigenvalue weighted by Gasteiger charge is 2.30.